The van der Waals surface area contributed by atoms with Crippen molar-refractivity contribution in [2.24, 2.45) is 5.10 Å². The van der Waals surface area contributed by atoms with Crippen LogP contribution in [-0.4, -0.2) is 22.3 Å². The van der Waals surface area contributed by atoms with Crippen LogP contribution >= 0.6 is 15.9 Å². The van der Waals surface area contributed by atoms with Gasteiger partial charge in [-0.1, -0.05) is 46.3 Å². The van der Waals surface area contributed by atoms with Gasteiger partial charge in [0, 0.05) is 16.9 Å². The first-order valence-electron chi connectivity index (χ1n) is 5.51. The number of hydrogen-bond acceptors (Lipinski definition) is 3. The van der Waals surface area contributed by atoms with Gasteiger partial charge >= 0.3 is 0 Å². The van der Waals surface area contributed by atoms with Gasteiger partial charge in [0.2, 0.25) is 0 Å². The number of H-pyrrole nitrogens is 1. The fourth-order valence-electron chi connectivity index (χ4n) is 1.33. The van der Waals surface area contributed by atoms with Crippen LogP contribution in [0.25, 0.3) is 4.48 Å². The van der Waals surface area contributed by atoms with Gasteiger partial charge in [-0.05, 0) is 17.7 Å². The Morgan fingerprint density at radius 1 is 1.32 bits per heavy atom. The number of carbonyl (C=O) groups is 1. The summed E-state index contributed by atoms with van der Waals surface area (Å²) in [5.74, 6) is -0.335. The van der Waals surface area contributed by atoms with Crippen molar-refractivity contribution in [3.05, 3.63) is 59.9 Å². The second-order valence-electron chi connectivity index (χ2n) is 3.57. The molecule has 0 bridgehead atoms. The van der Waals surface area contributed by atoms with Gasteiger partial charge in [-0.25, -0.2) is 5.43 Å². The second-order valence-corrected chi connectivity index (χ2v) is 4.42. The van der Waals surface area contributed by atoms with Crippen molar-refractivity contribution < 1.29 is 4.79 Å². The molecular formula is C13H11BrN4O. The number of rotatable bonds is 4. The van der Waals surface area contributed by atoms with Crippen LogP contribution in [0.1, 0.15) is 16.1 Å². The van der Waals surface area contributed by atoms with Crippen LogP contribution in [0.5, 0.6) is 0 Å². The maximum atomic E-state index is 11.5. The maximum absolute atomic E-state index is 11.5. The van der Waals surface area contributed by atoms with E-state index in [1.807, 2.05) is 30.3 Å². The molecule has 19 heavy (non-hydrogen) atoms. The van der Waals surface area contributed by atoms with E-state index in [0.717, 1.165) is 10.0 Å². The number of nitrogens with zero attached hydrogens (tertiary/aromatic N) is 2. The number of carbonyl (C=O) groups excluding carboxylic acids is 1. The third-order valence-electron chi connectivity index (χ3n) is 2.26. The molecule has 0 saturated heterocycles. The number of amides is 1. The molecule has 0 aliphatic rings. The summed E-state index contributed by atoms with van der Waals surface area (Å²) in [6.07, 6.45) is 4.76. The van der Waals surface area contributed by atoms with Crippen LogP contribution in [0.2, 0.25) is 0 Å². The smallest absolute Gasteiger partial charge is 0.273 e. The molecule has 1 aromatic carbocycles. The molecule has 2 rings (SSSR count). The Morgan fingerprint density at radius 2 is 2.11 bits per heavy atom. The Labute approximate surface area is 118 Å². The van der Waals surface area contributed by atoms with E-state index in [4.69, 9.17) is 0 Å². The second kappa shape index (κ2) is 6.65. The zero-order chi connectivity index (χ0) is 13.5. The van der Waals surface area contributed by atoms with E-state index >= 15 is 0 Å². The van der Waals surface area contributed by atoms with E-state index < -0.39 is 0 Å². The van der Waals surface area contributed by atoms with Crippen molar-refractivity contribution >= 4 is 32.5 Å². The average molecular weight is 319 g/mol. The first-order valence-corrected chi connectivity index (χ1v) is 6.30. The minimum absolute atomic E-state index is 0.335. The molecule has 2 aromatic rings. The zero-order valence-electron chi connectivity index (χ0n) is 9.88. The van der Waals surface area contributed by atoms with Gasteiger partial charge in [0.1, 0.15) is 5.69 Å². The van der Waals surface area contributed by atoms with Crippen LogP contribution in [0, 0.1) is 0 Å². The number of hydrogen-bond donors (Lipinski definition) is 2. The van der Waals surface area contributed by atoms with Crippen molar-refractivity contribution in [2.45, 2.75) is 0 Å². The van der Waals surface area contributed by atoms with Crippen LogP contribution in [0.3, 0.4) is 0 Å². The lowest BCUT2D eigenvalue weighted by atomic mass is 10.2. The molecular weight excluding hydrogens is 308 g/mol. The Hall–Kier alpha value is -2.21. The lowest BCUT2D eigenvalue weighted by Crippen LogP contribution is -2.17. The zero-order valence-corrected chi connectivity index (χ0v) is 11.5. The fraction of sp³-hybridized carbons (Fsp3) is 0. The molecule has 1 amide bonds. The summed E-state index contributed by atoms with van der Waals surface area (Å²) in [6, 6.07) is 11.3. The van der Waals surface area contributed by atoms with Gasteiger partial charge in [-0.15, -0.1) is 0 Å². The van der Waals surface area contributed by atoms with Crippen LogP contribution in [-0.2, 0) is 0 Å². The minimum Gasteiger partial charge on any atom is -0.273 e. The lowest BCUT2D eigenvalue weighted by Gasteiger charge is -1.97. The summed E-state index contributed by atoms with van der Waals surface area (Å²) in [7, 11) is 0. The number of halogens is 1. The van der Waals surface area contributed by atoms with Crippen molar-refractivity contribution in [3.63, 3.8) is 0 Å². The van der Waals surface area contributed by atoms with E-state index in [1.165, 1.54) is 12.4 Å². The quantitative estimate of drug-likeness (QED) is 0.672. The molecule has 0 unspecified atom stereocenters. The lowest BCUT2D eigenvalue weighted by molar-refractivity contribution is 0.0950. The molecule has 0 saturated carbocycles. The molecule has 0 aliphatic carbocycles. The van der Waals surface area contributed by atoms with E-state index in [0.29, 0.717) is 5.69 Å². The molecule has 1 aromatic heterocycles. The Kier molecular flexibility index (Phi) is 4.63. The fourth-order valence-corrected chi connectivity index (χ4v) is 1.72. The molecule has 2 N–H and O–H groups in total. The predicted octanol–water partition coefficient (Wildman–Crippen LogP) is 2.56. The van der Waals surface area contributed by atoms with Gasteiger partial charge in [-0.2, -0.15) is 10.2 Å². The first kappa shape index (κ1) is 13.2. The van der Waals surface area contributed by atoms with E-state index in [2.05, 4.69) is 36.7 Å². The number of benzene rings is 1. The number of aromatic amines is 1. The number of nitrogens with one attached hydrogen (secondary N) is 2. The normalized spacial score (nSPS) is 11.7. The van der Waals surface area contributed by atoms with Crippen molar-refractivity contribution in [2.75, 3.05) is 0 Å². The van der Waals surface area contributed by atoms with Gasteiger partial charge in [0.05, 0.1) is 0 Å². The van der Waals surface area contributed by atoms with Crippen LogP contribution < -0.4 is 5.43 Å². The largest absolute Gasteiger partial charge is 0.289 e. The summed E-state index contributed by atoms with van der Waals surface area (Å²) in [5.41, 5.74) is 3.79. The summed E-state index contributed by atoms with van der Waals surface area (Å²) >= 11 is 3.43. The molecule has 5 nitrogen and oxygen atoms in total. The molecule has 0 atom stereocenters. The van der Waals surface area contributed by atoms with E-state index in [-0.39, 0.29) is 5.91 Å². The number of hydrazone groups is 1. The Morgan fingerprint density at radius 3 is 2.79 bits per heavy atom. The topological polar surface area (TPSA) is 70.1 Å². The van der Waals surface area contributed by atoms with E-state index in [9.17, 15) is 4.79 Å². The highest BCUT2D eigenvalue weighted by Gasteiger charge is 2.03. The van der Waals surface area contributed by atoms with Crippen molar-refractivity contribution in [1.29, 1.82) is 0 Å². The van der Waals surface area contributed by atoms with Gasteiger partial charge in [-0.3, -0.25) is 9.89 Å². The Bertz CT molecular complexity index is 590. The first-order chi connectivity index (χ1) is 9.27. The molecule has 96 valence electrons. The molecule has 1 heterocycles. The third kappa shape index (κ3) is 3.89. The number of aromatic nitrogens is 2. The van der Waals surface area contributed by atoms with Gasteiger partial charge in [0.15, 0.2) is 0 Å². The van der Waals surface area contributed by atoms with Crippen molar-refractivity contribution in [1.82, 2.24) is 15.6 Å². The standard InChI is InChI=1S/C13H11BrN4O/c14-11(10-4-2-1-3-5-10)6-8-16-18-13(19)12-7-9-15-17-12/h1-9H,(H,15,17)(H,18,19). The molecule has 0 radical (unpaired) electrons. The van der Waals surface area contributed by atoms with E-state index in [1.54, 1.807) is 12.1 Å². The number of allylic oxidation sites excluding steroid dienone is 1. The summed E-state index contributed by atoms with van der Waals surface area (Å²) in [6.45, 7) is 0. The summed E-state index contributed by atoms with van der Waals surface area (Å²) in [5, 5.41) is 10.0. The maximum Gasteiger partial charge on any atom is 0.289 e. The summed E-state index contributed by atoms with van der Waals surface area (Å²) < 4.78 is 0.882. The van der Waals surface area contributed by atoms with Gasteiger partial charge < -0.3 is 0 Å². The highest BCUT2D eigenvalue weighted by Crippen LogP contribution is 2.19. The SMILES string of the molecule is O=C(NN=CC=C(Br)c1ccccc1)c1ccn[nH]1. The highest BCUT2D eigenvalue weighted by molar-refractivity contribution is 9.15. The highest BCUT2D eigenvalue weighted by atomic mass is 79.9. The molecule has 6 heteroatoms. The van der Waals surface area contributed by atoms with Crippen LogP contribution in [0.15, 0.2) is 53.8 Å². The Balaban J connectivity index is 1.91. The molecule has 0 aliphatic heterocycles. The minimum atomic E-state index is -0.335. The third-order valence-corrected chi connectivity index (χ3v) is 2.98. The molecule has 0 spiro atoms. The predicted molar refractivity (Wildman–Crippen MR) is 77.9 cm³/mol. The van der Waals surface area contributed by atoms with Crippen molar-refractivity contribution in [3.8, 4) is 0 Å². The monoisotopic (exact) mass is 318 g/mol. The molecule has 0 fully saturated rings. The average Bonchev–Trinajstić information content (AvgIpc) is 2.98. The van der Waals surface area contributed by atoms with Crippen LogP contribution in [0.4, 0.5) is 0 Å². The summed E-state index contributed by atoms with van der Waals surface area (Å²) in [4.78, 5) is 11.5. The van der Waals surface area contributed by atoms with Gasteiger partial charge in [0.25, 0.3) is 5.91 Å².